The fraction of sp³-hybridized carbons (Fsp3) is 0.227. The molecule has 27 heavy (non-hydrogen) atoms. The summed E-state index contributed by atoms with van der Waals surface area (Å²) in [5.41, 5.74) is 2.38. The molecule has 1 aromatic heterocycles. The van der Waals surface area contributed by atoms with E-state index in [2.05, 4.69) is 15.3 Å². The summed E-state index contributed by atoms with van der Waals surface area (Å²) < 4.78 is 5.87. The van der Waals surface area contributed by atoms with Crippen molar-refractivity contribution in [2.45, 2.75) is 31.7 Å². The Morgan fingerprint density at radius 2 is 1.78 bits per heavy atom. The molecule has 3 aromatic rings. The van der Waals surface area contributed by atoms with Crippen LogP contribution < -0.4 is 10.1 Å². The molecular weight excluding hydrogens is 338 g/mol. The average molecular weight is 359 g/mol. The second-order valence-corrected chi connectivity index (χ2v) is 6.69. The van der Waals surface area contributed by atoms with Gasteiger partial charge >= 0.3 is 0 Å². The molecule has 0 aliphatic heterocycles. The van der Waals surface area contributed by atoms with Gasteiger partial charge in [0.2, 0.25) is 5.88 Å². The molecule has 1 aliphatic rings. The average Bonchev–Trinajstić information content (AvgIpc) is 3.22. The molecule has 1 fully saturated rings. The Hall–Kier alpha value is -3.21. The van der Waals surface area contributed by atoms with E-state index in [9.17, 15) is 4.79 Å². The third-order valence-electron chi connectivity index (χ3n) is 4.72. The topological polar surface area (TPSA) is 64.1 Å². The number of nitrogens with one attached hydrogen (secondary N) is 1. The number of benzene rings is 2. The number of hydrogen-bond donors (Lipinski definition) is 1. The summed E-state index contributed by atoms with van der Waals surface area (Å²) in [6.07, 6.45) is 5.97. The minimum absolute atomic E-state index is 0.0555. The monoisotopic (exact) mass is 359 g/mol. The van der Waals surface area contributed by atoms with Crippen molar-refractivity contribution in [1.82, 2.24) is 15.3 Å². The number of hydrogen-bond acceptors (Lipinski definition) is 4. The lowest BCUT2D eigenvalue weighted by Crippen LogP contribution is -2.32. The molecule has 1 saturated carbocycles. The second-order valence-electron chi connectivity index (χ2n) is 6.69. The molecule has 0 atom stereocenters. The van der Waals surface area contributed by atoms with E-state index in [-0.39, 0.29) is 11.9 Å². The van der Waals surface area contributed by atoms with Crippen molar-refractivity contribution in [3.63, 3.8) is 0 Å². The zero-order valence-electron chi connectivity index (χ0n) is 15.0. The predicted octanol–water partition coefficient (Wildman–Crippen LogP) is 4.61. The van der Waals surface area contributed by atoms with Crippen LogP contribution in [0, 0.1) is 0 Å². The minimum atomic E-state index is -0.0555. The van der Waals surface area contributed by atoms with Crippen LogP contribution in [0.3, 0.4) is 0 Å². The van der Waals surface area contributed by atoms with Crippen LogP contribution >= 0.6 is 0 Å². The Morgan fingerprint density at radius 1 is 0.963 bits per heavy atom. The van der Waals surface area contributed by atoms with Gasteiger partial charge in [0.25, 0.3) is 5.91 Å². The van der Waals surface area contributed by atoms with E-state index in [4.69, 9.17) is 4.74 Å². The van der Waals surface area contributed by atoms with E-state index >= 15 is 0 Å². The fourth-order valence-corrected chi connectivity index (χ4v) is 3.32. The third kappa shape index (κ3) is 4.31. The van der Waals surface area contributed by atoms with Crippen molar-refractivity contribution in [3.05, 3.63) is 72.6 Å². The molecule has 0 bridgehead atoms. The Bertz CT molecular complexity index is 922. The molecule has 0 unspecified atom stereocenters. The summed E-state index contributed by atoms with van der Waals surface area (Å²) in [5, 5.41) is 3.10. The quantitative estimate of drug-likeness (QED) is 0.723. The van der Waals surface area contributed by atoms with Gasteiger partial charge in [0.1, 0.15) is 12.1 Å². The van der Waals surface area contributed by atoms with Crippen LogP contribution in [-0.2, 0) is 0 Å². The predicted molar refractivity (Wildman–Crippen MR) is 104 cm³/mol. The largest absolute Gasteiger partial charge is 0.439 e. The van der Waals surface area contributed by atoms with Gasteiger partial charge in [-0.3, -0.25) is 4.79 Å². The zero-order chi connectivity index (χ0) is 18.5. The summed E-state index contributed by atoms with van der Waals surface area (Å²) in [4.78, 5) is 20.9. The maximum Gasteiger partial charge on any atom is 0.251 e. The molecule has 2 aromatic carbocycles. The summed E-state index contributed by atoms with van der Waals surface area (Å²) >= 11 is 0. The first-order valence-electron chi connectivity index (χ1n) is 9.24. The second kappa shape index (κ2) is 7.99. The van der Waals surface area contributed by atoms with Gasteiger partial charge in [-0.05, 0) is 31.0 Å². The highest BCUT2D eigenvalue weighted by molar-refractivity contribution is 5.94. The lowest BCUT2D eigenvalue weighted by Gasteiger charge is -2.12. The third-order valence-corrected chi connectivity index (χ3v) is 4.72. The van der Waals surface area contributed by atoms with Gasteiger partial charge in [-0.2, -0.15) is 0 Å². The van der Waals surface area contributed by atoms with Gasteiger partial charge in [-0.1, -0.05) is 49.2 Å². The normalized spacial score (nSPS) is 14.1. The van der Waals surface area contributed by atoms with Crippen molar-refractivity contribution >= 4 is 5.91 Å². The highest BCUT2D eigenvalue weighted by atomic mass is 16.5. The molecule has 5 heteroatoms. The Balaban J connectivity index is 1.49. The molecular formula is C22H21N3O2. The number of nitrogens with zero attached hydrogens (tertiary/aromatic N) is 2. The number of rotatable bonds is 5. The van der Waals surface area contributed by atoms with Crippen molar-refractivity contribution in [2.24, 2.45) is 0 Å². The van der Waals surface area contributed by atoms with E-state index in [1.807, 2.05) is 42.5 Å². The standard InChI is InChI=1S/C22H21N3O2/c26-22(25-18-10-4-5-11-18)17-9-6-12-19(13-17)27-21-14-20(23-15-24-21)16-7-2-1-3-8-16/h1-3,6-9,12-15,18H,4-5,10-11H2,(H,25,26). The van der Waals surface area contributed by atoms with Crippen LogP contribution in [0.4, 0.5) is 0 Å². The Morgan fingerprint density at radius 3 is 2.59 bits per heavy atom. The number of ether oxygens (including phenoxy) is 1. The van der Waals surface area contributed by atoms with Gasteiger partial charge < -0.3 is 10.1 Å². The smallest absolute Gasteiger partial charge is 0.251 e. The molecule has 5 nitrogen and oxygen atoms in total. The van der Waals surface area contributed by atoms with E-state index in [1.54, 1.807) is 18.2 Å². The van der Waals surface area contributed by atoms with Gasteiger partial charge in [0.15, 0.2) is 0 Å². The molecule has 1 N–H and O–H groups in total. The van der Waals surface area contributed by atoms with E-state index in [0.717, 1.165) is 24.1 Å². The van der Waals surface area contributed by atoms with Gasteiger partial charge in [-0.25, -0.2) is 9.97 Å². The minimum Gasteiger partial charge on any atom is -0.439 e. The summed E-state index contributed by atoms with van der Waals surface area (Å²) in [6.45, 7) is 0. The molecule has 0 spiro atoms. The maximum atomic E-state index is 12.5. The van der Waals surface area contributed by atoms with E-state index in [1.165, 1.54) is 19.2 Å². The molecule has 1 aliphatic carbocycles. The maximum absolute atomic E-state index is 12.5. The first kappa shape index (κ1) is 17.2. The van der Waals surface area contributed by atoms with Crippen molar-refractivity contribution < 1.29 is 9.53 Å². The highest BCUT2D eigenvalue weighted by Crippen LogP contribution is 2.25. The van der Waals surface area contributed by atoms with E-state index < -0.39 is 0 Å². The molecule has 136 valence electrons. The lowest BCUT2D eigenvalue weighted by atomic mass is 10.1. The molecule has 1 heterocycles. The Kier molecular flexibility index (Phi) is 5.10. The van der Waals surface area contributed by atoms with Crippen LogP contribution in [0.5, 0.6) is 11.6 Å². The molecule has 0 saturated heterocycles. The van der Waals surface area contributed by atoms with Gasteiger partial charge in [0, 0.05) is 23.2 Å². The Labute approximate surface area is 158 Å². The van der Waals surface area contributed by atoms with Crippen molar-refractivity contribution in [1.29, 1.82) is 0 Å². The van der Waals surface area contributed by atoms with Gasteiger partial charge in [-0.15, -0.1) is 0 Å². The van der Waals surface area contributed by atoms with Crippen LogP contribution in [-0.4, -0.2) is 21.9 Å². The van der Waals surface area contributed by atoms with Crippen molar-refractivity contribution in [2.75, 3.05) is 0 Å². The first-order valence-corrected chi connectivity index (χ1v) is 9.24. The fourth-order valence-electron chi connectivity index (χ4n) is 3.32. The molecule has 4 rings (SSSR count). The van der Waals surface area contributed by atoms with Crippen molar-refractivity contribution in [3.8, 4) is 22.9 Å². The van der Waals surface area contributed by atoms with Crippen LogP contribution in [0.25, 0.3) is 11.3 Å². The number of amides is 1. The number of carbonyl (C=O) groups excluding carboxylic acids is 1. The number of aromatic nitrogens is 2. The summed E-state index contributed by atoms with van der Waals surface area (Å²) in [6, 6.07) is 19.1. The van der Waals surface area contributed by atoms with E-state index in [0.29, 0.717) is 17.2 Å². The lowest BCUT2D eigenvalue weighted by molar-refractivity contribution is 0.0937. The summed E-state index contributed by atoms with van der Waals surface area (Å²) in [7, 11) is 0. The van der Waals surface area contributed by atoms with Crippen LogP contribution in [0.1, 0.15) is 36.0 Å². The SMILES string of the molecule is O=C(NC1CCCC1)c1cccc(Oc2cc(-c3ccccc3)ncn2)c1. The van der Waals surface area contributed by atoms with Gasteiger partial charge in [0.05, 0.1) is 5.69 Å². The summed E-state index contributed by atoms with van der Waals surface area (Å²) in [5.74, 6) is 0.962. The zero-order valence-corrected chi connectivity index (χ0v) is 15.0. The van der Waals surface area contributed by atoms with Crippen LogP contribution in [0.2, 0.25) is 0 Å². The molecule has 1 amide bonds. The first-order chi connectivity index (χ1) is 13.3. The number of carbonyl (C=O) groups is 1. The molecule has 0 radical (unpaired) electrons. The van der Waals surface area contributed by atoms with Crippen LogP contribution in [0.15, 0.2) is 67.0 Å². The highest BCUT2D eigenvalue weighted by Gasteiger charge is 2.18.